The van der Waals surface area contributed by atoms with Gasteiger partial charge >= 0.3 is 5.97 Å². The Hall–Kier alpha value is -1.36. The number of carbonyl (C=O) groups excluding carboxylic acids is 1. The summed E-state index contributed by atoms with van der Waals surface area (Å²) in [6.07, 6.45) is 2.90. The monoisotopic (exact) mass is 297 g/mol. The van der Waals surface area contributed by atoms with Crippen molar-refractivity contribution in [2.45, 2.75) is 39.2 Å². The minimum absolute atomic E-state index is 0.109. The van der Waals surface area contributed by atoms with Crippen LogP contribution in [0.5, 0.6) is 0 Å². The number of hydrogen-bond acceptors (Lipinski definition) is 5. The van der Waals surface area contributed by atoms with Gasteiger partial charge in [-0.05, 0) is 36.8 Å². The fourth-order valence-corrected chi connectivity index (χ4v) is 2.99. The standard InChI is InChI=1S/C14H20ClN3O2/c1-8(2)11(13(19)20-4)18(3)12-9-6-5-7-10(9)16-14(15)17-12/h8,11H,5-7H2,1-4H3/t11-/m0/s1. The van der Waals surface area contributed by atoms with Crippen LogP contribution in [0.3, 0.4) is 0 Å². The second kappa shape index (κ2) is 5.95. The lowest BCUT2D eigenvalue weighted by molar-refractivity contribution is -0.143. The summed E-state index contributed by atoms with van der Waals surface area (Å²) >= 11 is 6.01. The smallest absolute Gasteiger partial charge is 0.328 e. The molecule has 0 spiro atoms. The number of rotatable bonds is 4. The predicted octanol–water partition coefficient (Wildman–Crippen LogP) is 2.25. The van der Waals surface area contributed by atoms with Gasteiger partial charge in [0.15, 0.2) is 0 Å². The molecule has 0 saturated carbocycles. The Morgan fingerprint density at radius 3 is 2.65 bits per heavy atom. The van der Waals surface area contributed by atoms with Gasteiger partial charge in [0.2, 0.25) is 5.28 Å². The molecule has 0 aliphatic heterocycles. The molecule has 0 N–H and O–H groups in total. The SMILES string of the molecule is COC(=O)[C@H](C(C)C)N(C)c1nc(Cl)nc2c1CCC2. The van der Waals surface area contributed by atoms with E-state index in [1.807, 2.05) is 25.8 Å². The molecule has 1 aliphatic rings. The third-order valence-corrected chi connectivity index (χ3v) is 3.88. The molecule has 1 aromatic rings. The van der Waals surface area contributed by atoms with E-state index < -0.39 is 0 Å². The van der Waals surface area contributed by atoms with Crippen molar-refractivity contribution in [3.05, 3.63) is 16.5 Å². The van der Waals surface area contributed by atoms with E-state index >= 15 is 0 Å². The number of fused-ring (bicyclic) bond motifs is 1. The van der Waals surface area contributed by atoms with Crippen molar-refractivity contribution < 1.29 is 9.53 Å². The highest BCUT2D eigenvalue weighted by Gasteiger charge is 2.31. The van der Waals surface area contributed by atoms with Crippen molar-refractivity contribution in [1.29, 1.82) is 0 Å². The zero-order chi connectivity index (χ0) is 14.9. The molecule has 0 unspecified atom stereocenters. The number of hydrogen-bond donors (Lipinski definition) is 0. The van der Waals surface area contributed by atoms with Gasteiger partial charge in [0, 0.05) is 12.6 Å². The van der Waals surface area contributed by atoms with Gasteiger partial charge in [-0.2, -0.15) is 0 Å². The Balaban J connectivity index is 2.42. The van der Waals surface area contributed by atoms with E-state index in [1.165, 1.54) is 7.11 Å². The van der Waals surface area contributed by atoms with E-state index in [0.29, 0.717) is 0 Å². The van der Waals surface area contributed by atoms with Crippen molar-refractivity contribution in [3.8, 4) is 0 Å². The quantitative estimate of drug-likeness (QED) is 0.630. The van der Waals surface area contributed by atoms with E-state index in [-0.39, 0.29) is 23.2 Å². The molecule has 6 heteroatoms. The summed E-state index contributed by atoms with van der Waals surface area (Å²) in [5.41, 5.74) is 2.10. The summed E-state index contributed by atoms with van der Waals surface area (Å²) in [6, 6.07) is -0.379. The van der Waals surface area contributed by atoms with Crippen LogP contribution >= 0.6 is 11.6 Å². The van der Waals surface area contributed by atoms with Crippen molar-refractivity contribution in [2.75, 3.05) is 19.1 Å². The molecule has 0 radical (unpaired) electrons. The highest BCUT2D eigenvalue weighted by atomic mass is 35.5. The minimum Gasteiger partial charge on any atom is -0.467 e. The van der Waals surface area contributed by atoms with Crippen molar-refractivity contribution >= 4 is 23.4 Å². The van der Waals surface area contributed by atoms with Gasteiger partial charge in [0.1, 0.15) is 11.9 Å². The van der Waals surface area contributed by atoms with Gasteiger partial charge in [-0.15, -0.1) is 0 Å². The van der Waals surface area contributed by atoms with Gasteiger partial charge in [0.25, 0.3) is 0 Å². The number of ether oxygens (including phenoxy) is 1. The van der Waals surface area contributed by atoms with Crippen LogP contribution in [-0.4, -0.2) is 36.1 Å². The topological polar surface area (TPSA) is 55.3 Å². The van der Waals surface area contributed by atoms with Crippen molar-refractivity contribution in [2.24, 2.45) is 5.92 Å². The molecule has 20 heavy (non-hydrogen) atoms. The first-order valence-electron chi connectivity index (χ1n) is 6.81. The number of aromatic nitrogens is 2. The molecule has 0 saturated heterocycles. The number of anilines is 1. The predicted molar refractivity (Wildman–Crippen MR) is 78.1 cm³/mol. The zero-order valence-corrected chi connectivity index (χ0v) is 13.1. The molecule has 0 fully saturated rings. The number of methoxy groups -OCH3 is 1. The van der Waals surface area contributed by atoms with Gasteiger partial charge in [-0.25, -0.2) is 14.8 Å². The summed E-state index contributed by atoms with van der Waals surface area (Å²) in [7, 11) is 3.27. The van der Waals surface area contributed by atoms with Crippen LogP contribution in [0.1, 0.15) is 31.5 Å². The second-order valence-corrected chi connectivity index (χ2v) is 5.76. The van der Waals surface area contributed by atoms with E-state index in [2.05, 4.69) is 9.97 Å². The van der Waals surface area contributed by atoms with E-state index in [4.69, 9.17) is 16.3 Å². The average Bonchev–Trinajstić information content (AvgIpc) is 2.84. The summed E-state index contributed by atoms with van der Waals surface area (Å²) in [5.74, 6) is 0.601. The van der Waals surface area contributed by atoms with E-state index in [0.717, 1.165) is 36.3 Å². The largest absolute Gasteiger partial charge is 0.467 e. The molecule has 0 bridgehead atoms. The fourth-order valence-electron chi connectivity index (χ4n) is 2.80. The lowest BCUT2D eigenvalue weighted by atomic mass is 10.0. The maximum atomic E-state index is 12.0. The summed E-state index contributed by atoms with van der Waals surface area (Å²) in [4.78, 5) is 22.5. The number of carbonyl (C=O) groups is 1. The first kappa shape index (κ1) is 15.0. The molecule has 2 rings (SSSR count). The van der Waals surface area contributed by atoms with Crippen LogP contribution in [0.15, 0.2) is 0 Å². The van der Waals surface area contributed by atoms with Crippen LogP contribution in [0, 0.1) is 5.92 Å². The lowest BCUT2D eigenvalue weighted by Crippen LogP contribution is -2.44. The Labute approximate surface area is 124 Å². The van der Waals surface area contributed by atoms with Crippen LogP contribution in [0.25, 0.3) is 0 Å². The van der Waals surface area contributed by atoms with Crippen LogP contribution in [-0.2, 0) is 22.4 Å². The highest BCUT2D eigenvalue weighted by Crippen LogP contribution is 2.31. The first-order valence-corrected chi connectivity index (χ1v) is 7.19. The van der Waals surface area contributed by atoms with E-state index in [1.54, 1.807) is 0 Å². The Morgan fingerprint density at radius 1 is 1.35 bits per heavy atom. The van der Waals surface area contributed by atoms with Crippen LogP contribution in [0.4, 0.5) is 5.82 Å². The summed E-state index contributed by atoms with van der Waals surface area (Å²) in [6.45, 7) is 3.97. The third-order valence-electron chi connectivity index (χ3n) is 3.71. The number of esters is 1. The van der Waals surface area contributed by atoms with Gasteiger partial charge < -0.3 is 9.64 Å². The number of likely N-dealkylation sites (N-methyl/N-ethyl adjacent to an activating group) is 1. The normalized spacial score (nSPS) is 15.1. The highest BCUT2D eigenvalue weighted by molar-refractivity contribution is 6.28. The fraction of sp³-hybridized carbons (Fsp3) is 0.643. The molecule has 0 aromatic carbocycles. The lowest BCUT2D eigenvalue weighted by Gasteiger charge is -2.31. The zero-order valence-electron chi connectivity index (χ0n) is 12.3. The molecule has 5 nitrogen and oxygen atoms in total. The molecule has 0 amide bonds. The molecule has 110 valence electrons. The Kier molecular flexibility index (Phi) is 4.48. The Morgan fingerprint density at radius 2 is 2.05 bits per heavy atom. The molecular weight excluding hydrogens is 278 g/mol. The third kappa shape index (κ3) is 2.73. The Bertz CT molecular complexity index is 519. The molecular formula is C14H20ClN3O2. The molecule has 1 aliphatic carbocycles. The van der Waals surface area contributed by atoms with Crippen LogP contribution < -0.4 is 4.90 Å². The van der Waals surface area contributed by atoms with Crippen molar-refractivity contribution in [3.63, 3.8) is 0 Å². The van der Waals surface area contributed by atoms with Crippen molar-refractivity contribution in [1.82, 2.24) is 9.97 Å². The van der Waals surface area contributed by atoms with Gasteiger partial charge in [-0.3, -0.25) is 0 Å². The maximum Gasteiger partial charge on any atom is 0.328 e. The van der Waals surface area contributed by atoms with Gasteiger partial charge in [0.05, 0.1) is 12.8 Å². The van der Waals surface area contributed by atoms with Gasteiger partial charge in [-0.1, -0.05) is 13.8 Å². The van der Waals surface area contributed by atoms with E-state index in [9.17, 15) is 4.79 Å². The molecule has 1 heterocycles. The van der Waals surface area contributed by atoms with Crippen LogP contribution in [0.2, 0.25) is 5.28 Å². The minimum atomic E-state index is -0.379. The second-order valence-electron chi connectivity index (χ2n) is 5.42. The molecule has 1 aromatic heterocycles. The molecule has 1 atom stereocenters. The number of nitrogens with zero attached hydrogens (tertiary/aromatic N) is 3. The summed E-state index contributed by atoms with van der Waals surface area (Å²) < 4.78 is 4.91. The summed E-state index contributed by atoms with van der Waals surface area (Å²) in [5, 5.41) is 0.236. The first-order chi connectivity index (χ1) is 9.45. The maximum absolute atomic E-state index is 12.0. The average molecular weight is 298 g/mol. The number of aryl methyl sites for hydroxylation is 1. The number of halogens is 1.